The maximum absolute atomic E-state index is 13.0. The minimum Gasteiger partial charge on any atom is -0.505 e. The summed E-state index contributed by atoms with van der Waals surface area (Å²) < 4.78 is 25.9. The molecule has 1 aromatic rings. The van der Waals surface area contributed by atoms with E-state index in [0.717, 1.165) is 6.07 Å². The number of rotatable bonds is 1. The second-order valence-electron chi connectivity index (χ2n) is 3.51. The third-order valence-corrected chi connectivity index (χ3v) is 2.57. The summed E-state index contributed by atoms with van der Waals surface area (Å²) in [6.45, 7) is 0. The molecule has 0 unspecified atom stereocenters. The van der Waals surface area contributed by atoms with Gasteiger partial charge in [-0.1, -0.05) is 5.92 Å². The number of terminal acetylenes is 1. The Morgan fingerprint density at radius 3 is 2.50 bits per heavy atom. The highest BCUT2D eigenvalue weighted by molar-refractivity contribution is 5.49. The van der Waals surface area contributed by atoms with Crippen molar-refractivity contribution in [3.05, 3.63) is 29.3 Å². The van der Waals surface area contributed by atoms with Crippen LogP contribution >= 0.6 is 0 Å². The average molecular weight is 194 g/mol. The van der Waals surface area contributed by atoms with E-state index in [2.05, 4.69) is 5.92 Å². The molecule has 0 amide bonds. The Morgan fingerprint density at radius 2 is 2.00 bits per heavy atom. The lowest BCUT2D eigenvalue weighted by Crippen LogP contribution is -2.04. The van der Waals surface area contributed by atoms with Crippen LogP contribution in [-0.4, -0.2) is 5.11 Å². The van der Waals surface area contributed by atoms with Crippen molar-refractivity contribution in [2.75, 3.05) is 0 Å². The highest BCUT2D eigenvalue weighted by Crippen LogP contribution is 2.51. The lowest BCUT2D eigenvalue weighted by atomic mass is 9.95. The molecule has 1 aliphatic carbocycles. The summed E-state index contributed by atoms with van der Waals surface area (Å²) in [7, 11) is 0. The molecule has 1 nitrogen and oxygen atoms in total. The molecule has 0 spiro atoms. The second-order valence-corrected chi connectivity index (χ2v) is 3.51. The van der Waals surface area contributed by atoms with Gasteiger partial charge in [0.15, 0.2) is 11.6 Å². The minimum absolute atomic E-state index is 0.192. The van der Waals surface area contributed by atoms with Crippen molar-refractivity contribution in [1.29, 1.82) is 0 Å². The lowest BCUT2D eigenvalue weighted by molar-refractivity contribution is 0.418. The van der Waals surface area contributed by atoms with Gasteiger partial charge in [-0.25, -0.2) is 8.78 Å². The first kappa shape index (κ1) is 9.01. The molecule has 14 heavy (non-hydrogen) atoms. The highest BCUT2D eigenvalue weighted by Gasteiger charge is 2.45. The third kappa shape index (κ3) is 1.15. The van der Waals surface area contributed by atoms with Gasteiger partial charge in [0.2, 0.25) is 0 Å². The molecular weight excluding hydrogens is 186 g/mol. The van der Waals surface area contributed by atoms with E-state index < -0.39 is 22.8 Å². The van der Waals surface area contributed by atoms with Crippen LogP contribution in [0.2, 0.25) is 0 Å². The average Bonchev–Trinajstić information content (AvgIpc) is 2.92. The van der Waals surface area contributed by atoms with Gasteiger partial charge in [0.1, 0.15) is 5.82 Å². The molecular formula is C11H8F2O. The highest BCUT2D eigenvalue weighted by atomic mass is 19.1. The molecule has 1 saturated carbocycles. The number of benzene rings is 1. The fourth-order valence-electron chi connectivity index (χ4n) is 1.55. The molecule has 72 valence electrons. The molecule has 0 saturated heterocycles. The summed E-state index contributed by atoms with van der Waals surface area (Å²) in [4.78, 5) is 0. The van der Waals surface area contributed by atoms with Crippen molar-refractivity contribution in [2.45, 2.75) is 18.3 Å². The van der Waals surface area contributed by atoms with Crippen molar-refractivity contribution in [2.24, 2.45) is 0 Å². The largest absolute Gasteiger partial charge is 0.505 e. The molecule has 3 heteroatoms. The summed E-state index contributed by atoms with van der Waals surface area (Å²) in [6, 6.07) is 1.75. The van der Waals surface area contributed by atoms with Crippen LogP contribution in [0.3, 0.4) is 0 Å². The van der Waals surface area contributed by atoms with Crippen molar-refractivity contribution in [3.8, 4) is 18.1 Å². The molecule has 1 aliphatic rings. The zero-order valence-corrected chi connectivity index (χ0v) is 7.35. The van der Waals surface area contributed by atoms with Gasteiger partial charge in [0, 0.05) is 11.6 Å². The molecule has 0 heterocycles. The van der Waals surface area contributed by atoms with Crippen LogP contribution in [0.5, 0.6) is 5.75 Å². The molecule has 0 aromatic heterocycles. The number of aromatic hydroxyl groups is 1. The van der Waals surface area contributed by atoms with Crippen LogP contribution in [0.4, 0.5) is 8.78 Å². The Hall–Kier alpha value is -1.56. The first-order chi connectivity index (χ1) is 6.59. The van der Waals surface area contributed by atoms with Gasteiger partial charge < -0.3 is 5.11 Å². The Kier molecular flexibility index (Phi) is 1.75. The predicted molar refractivity (Wildman–Crippen MR) is 47.8 cm³/mol. The van der Waals surface area contributed by atoms with Crippen molar-refractivity contribution >= 4 is 0 Å². The molecule has 0 radical (unpaired) electrons. The number of phenolic OH excluding ortho intramolecular Hbond substituents is 1. The van der Waals surface area contributed by atoms with Gasteiger partial charge in [-0.2, -0.15) is 0 Å². The van der Waals surface area contributed by atoms with Gasteiger partial charge in [-0.05, 0) is 18.9 Å². The lowest BCUT2D eigenvalue weighted by Gasteiger charge is -2.10. The molecule has 1 N–H and O–H groups in total. The second kappa shape index (κ2) is 2.71. The van der Waals surface area contributed by atoms with Crippen molar-refractivity contribution < 1.29 is 13.9 Å². The van der Waals surface area contributed by atoms with E-state index in [1.165, 1.54) is 0 Å². The van der Waals surface area contributed by atoms with Crippen LogP contribution in [0.1, 0.15) is 18.4 Å². The van der Waals surface area contributed by atoms with E-state index in [9.17, 15) is 13.9 Å². The smallest absolute Gasteiger partial charge is 0.168 e. The summed E-state index contributed by atoms with van der Waals surface area (Å²) in [5.41, 5.74) is -0.454. The number of halogens is 2. The van der Waals surface area contributed by atoms with Gasteiger partial charge in [0.05, 0.1) is 5.41 Å². The maximum Gasteiger partial charge on any atom is 0.168 e. The van der Waals surface area contributed by atoms with E-state index in [0.29, 0.717) is 18.9 Å². The zero-order valence-electron chi connectivity index (χ0n) is 7.35. The Balaban J connectivity index is 2.59. The van der Waals surface area contributed by atoms with Gasteiger partial charge in [-0.15, -0.1) is 6.42 Å². The standard InChI is InChI=1S/C11H8F2O/c1-2-11(3-4-11)8-5-7(12)6-9(13)10(8)14/h1,5-6,14H,3-4H2. The molecule has 1 fully saturated rings. The van der Waals surface area contributed by atoms with E-state index in [1.54, 1.807) is 0 Å². The summed E-state index contributed by atoms with van der Waals surface area (Å²) in [5.74, 6) is 0.276. The quantitative estimate of drug-likeness (QED) is 0.680. The first-order valence-electron chi connectivity index (χ1n) is 4.25. The maximum atomic E-state index is 13.0. The zero-order chi connectivity index (χ0) is 10.3. The Labute approximate surface area is 80.4 Å². The van der Waals surface area contributed by atoms with Gasteiger partial charge >= 0.3 is 0 Å². The van der Waals surface area contributed by atoms with Crippen LogP contribution < -0.4 is 0 Å². The topological polar surface area (TPSA) is 20.2 Å². The molecule has 0 bridgehead atoms. The summed E-state index contributed by atoms with van der Waals surface area (Å²) >= 11 is 0. The number of hydrogen-bond donors (Lipinski definition) is 1. The van der Waals surface area contributed by atoms with Gasteiger partial charge in [-0.3, -0.25) is 0 Å². The monoisotopic (exact) mass is 194 g/mol. The van der Waals surface area contributed by atoms with E-state index >= 15 is 0 Å². The van der Waals surface area contributed by atoms with E-state index in [-0.39, 0.29) is 5.56 Å². The van der Waals surface area contributed by atoms with Crippen molar-refractivity contribution in [3.63, 3.8) is 0 Å². The Bertz CT molecular complexity index is 428. The van der Waals surface area contributed by atoms with Crippen molar-refractivity contribution in [1.82, 2.24) is 0 Å². The minimum atomic E-state index is -0.957. The molecule has 0 atom stereocenters. The van der Waals surface area contributed by atoms with Crippen LogP contribution in [0.15, 0.2) is 12.1 Å². The summed E-state index contributed by atoms with van der Waals surface area (Å²) in [5, 5.41) is 9.39. The van der Waals surface area contributed by atoms with E-state index in [4.69, 9.17) is 6.42 Å². The van der Waals surface area contributed by atoms with Crippen LogP contribution in [0, 0.1) is 24.0 Å². The SMILES string of the molecule is C#CC1(c2cc(F)cc(F)c2O)CC1. The third-order valence-electron chi connectivity index (χ3n) is 2.57. The normalized spacial score (nSPS) is 17.5. The summed E-state index contributed by atoms with van der Waals surface area (Å²) in [6.07, 6.45) is 6.60. The van der Waals surface area contributed by atoms with Crippen LogP contribution in [-0.2, 0) is 5.41 Å². The molecule has 1 aromatic carbocycles. The van der Waals surface area contributed by atoms with Gasteiger partial charge in [0.25, 0.3) is 0 Å². The Morgan fingerprint density at radius 1 is 1.36 bits per heavy atom. The molecule has 0 aliphatic heterocycles. The predicted octanol–water partition coefficient (Wildman–Crippen LogP) is 2.34. The first-order valence-corrected chi connectivity index (χ1v) is 4.25. The number of hydrogen-bond acceptors (Lipinski definition) is 1. The number of phenols is 1. The molecule has 2 rings (SSSR count). The van der Waals surface area contributed by atoms with Crippen LogP contribution in [0.25, 0.3) is 0 Å². The van der Waals surface area contributed by atoms with E-state index in [1.807, 2.05) is 0 Å². The fourth-order valence-corrected chi connectivity index (χ4v) is 1.55. The fraction of sp³-hybridized carbons (Fsp3) is 0.273.